The lowest BCUT2D eigenvalue weighted by molar-refractivity contribution is -0.384. The van der Waals surface area contributed by atoms with E-state index < -0.39 is 4.92 Å². The van der Waals surface area contributed by atoms with Gasteiger partial charge < -0.3 is 5.32 Å². The highest BCUT2D eigenvalue weighted by atomic mass is 16.6. The molecule has 0 bridgehead atoms. The fourth-order valence-electron chi connectivity index (χ4n) is 4.81. The molecule has 0 saturated carbocycles. The fourth-order valence-corrected chi connectivity index (χ4v) is 4.81. The number of non-ortho nitro benzene ring substituents is 1. The molecule has 2 heterocycles. The molecule has 2 aliphatic rings. The second kappa shape index (κ2) is 6.49. The molecule has 1 aliphatic heterocycles. The molecule has 30 heavy (non-hydrogen) atoms. The van der Waals surface area contributed by atoms with Crippen LogP contribution < -0.4 is 5.32 Å². The molecule has 0 fully saturated rings. The van der Waals surface area contributed by atoms with Crippen LogP contribution in [0.4, 0.5) is 11.4 Å². The summed E-state index contributed by atoms with van der Waals surface area (Å²) in [7, 11) is 0. The number of nitrogens with one attached hydrogen (secondary N) is 1. The molecule has 1 N–H and O–H groups in total. The summed E-state index contributed by atoms with van der Waals surface area (Å²) in [5, 5.41) is 15.6. The minimum Gasteiger partial charge on any atom is -0.358 e. The van der Waals surface area contributed by atoms with Gasteiger partial charge in [-0.3, -0.25) is 19.9 Å². The molecule has 6 heteroatoms. The van der Waals surface area contributed by atoms with Gasteiger partial charge in [-0.1, -0.05) is 32.0 Å². The summed E-state index contributed by atoms with van der Waals surface area (Å²) in [6.45, 7) is 4.22. The van der Waals surface area contributed by atoms with Crippen molar-refractivity contribution in [3.8, 4) is 0 Å². The summed E-state index contributed by atoms with van der Waals surface area (Å²) in [6, 6.07) is 14.5. The number of hydrogen-bond acceptors (Lipinski definition) is 5. The Bertz CT molecular complexity index is 1240. The molecule has 0 unspecified atom stereocenters. The molecule has 3 aromatic rings. The van der Waals surface area contributed by atoms with E-state index in [0.717, 1.165) is 45.4 Å². The first-order valence-corrected chi connectivity index (χ1v) is 9.99. The van der Waals surface area contributed by atoms with E-state index in [2.05, 4.69) is 24.1 Å². The Morgan fingerprint density at radius 3 is 2.60 bits per heavy atom. The number of nitrogens with zero attached hydrogens (tertiary/aromatic N) is 2. The topological polar surface area (TPSA) is 85.1 Å². The van der Waals surface area contributed by atoms with Crippen LogP contribution >= 0.6 is 0 Å². The minimum atomic E-state index is -0.404. The normalized spacial score (nSPS) is 19.8. The Labute approximate surface area is 173 Å². The monoisotopic (exact) mass is 399 g/mol. The van der Waals surface area contributed by atoms with Gasteiger partial charge in [0.15, 0.2) is 5.78 Å². The van der Waals surface area contributed by atoms with Crippen LogP contribution in [-0.4, -0.2) is 15.7 Å². The van der Waals surface area contributed by atoms with E-state index in [1.54, 1.807) is 18.3 Å². The van der Waals surface area contributed by atoms with Crippen LogP contribution in [0.1, 0.15) is 43.7 Å². The summed E-state index contributed by atoms with van der Waals surface area (Å²) >= 11 is 0. The highest BCUT2D eigenvalue weighted by Crippen LogP contribution is 2.50. The Kier molecular flexibility index (Phi) is 4.00. The SMILES string of the molecule is CC1(C)CC(=O)C2=C(C1)Nc1ccc3ncccc3c1[C@H]2c1ccc([N+](=O)[O-])cc1. The van der Waals surface area contributed by atoms with E-state index in [0.29, 0.717) is 6.42 Å². The average Bonchev–Trinajstić information content (AvgIpc) is 2.71. The molecular weight excluding hydrogens is 378 g/mol. The zero-order valence-corrected chi connectivity index (χ0v) is 16.8. The van der Waals surface area contributed by atoms with Gasteiger partial charge in [-0.05, 0) is 41.2 Å². The highest BCUT2D eigenvalue weighted by Gasteiger charge is 2.41. The minimum absolute atomic E-state index is 0.0396. The van der Waals surface area contributed by atoms with Gasteiger partial charge in [0.25, 0.3) is 5.69 Å². The fraction of sp³-hybridized carbons (Fsp3) is 0.250. The van der Waals surface area contributed by atoms with Crippen molar-refractivity contribution in [2.45, 2.75) is 32.6 Å². The number of allylic oxidation sites excluding steroid dienone is 2. The first-order chi connectivity index (χ1) is 14.3. The number of Topliss-reactive ketones (excluding diaryl/α,β-unsaturated/α-hetero) is 1. The van der Waals surface area contributed by atoms with Gasteiger partial charge in [-0.25, -0.2) is 0 Å². The number of carbonyl (C=O) groups is 1. The molecule has 2 aromatic carbocycles. The maximum atomic E-state index is 13.3. The van der Waals surface area contributed by atoms with Gasteiger partial charge >= 0.3 is 0 Å². The summed E-state index contributed by atoms with van der Waals surface area (Å²) in [4.78, 5) is 28.5. The van der Waals surface area contributed by atoms with Gasteiger partial charge in [0.2, 0.25) is 0 Å². The van der Waals surface area contributed by atoms with Crippen LogP contribution in [0.3, 0.4) is 0 Å². The molecule has 0 spiro atoms. The van der Waals surface area contributed by atoms with E-state index in [4.69, 9.17) is 0 Å². The molecule has 6 nitrogen and oxygen atoms in total. The van der Waals surface area contributed by atoms with Crippen molar-refractivity contribution in [2.24, 2.45) is 5.41 Å². The van der Waals surface area contributed by atoms with Crippen molar-refractivity contribution in [1.82, 2.24) is 4.98 Å². The molecule has 1 aromatic heterocycles. The number of fused-ring (bicyclic) bond motifs is 3. The number of carbonyl (C=O) groups excluding carboxylic acids is 1. The Balaban J connectivity index is 1.78. The van der Waals surface area contributed by atoms with Gasteiger partial charge in [0.1, 0.15) is 0 Å². The standard InChI is InChI=1S/C24H21N3O3/c1-24(2)12-19-23(20(28)13-24)21(14-5-7-15(8-6-14)27(29)30)22-16-4-3-11-25-17(16)9-10-18(22)26-19/h3-11,21,26H,12-13H2,1-2H3/t21-/m1/s1. The third kappa shape index (κ3) is 2.87. The van der Waals surface area contributed by atoms with Gasteiger partial charge in [0.05, 0.1) is 10.4 Å². The van der Waals surface area contributed by atoms with E-state index in [1.807, 2.05) is 24.3 Å². The molecule has 0 saturated heterocycles. The number of aromatic nitrogens is 1. The number of anilines is 1. The number of nitro benzene ring substituents is 1. The summed E-state index contributed by atoms with van der Waals surface area (Å²) in [5.74, 6) is -0.155. The number of nitro groups is 1. The largest absolute Gasteiger partial charge is 0.358 e. The average molecular weight is 399 g/mol. The molecule has 0 radical (unpaired) electrons. The molecule has 0 amide bonds. The van der Waals surface area contributed by atoms with Crippen LogP contribution in [0, 0.1) is 15.5 Å². The smallest absolute Gasteiger partial charge is 0.269 e. The van der Waals surface area contributed by atoms with E-state index in [-0.39, 0.29) is 22.8 Å². The lowest BCUT2D eigenvalue weighted by Crippen LogP contribution is -2.33. The van der Waals surface area contributed by atoms with E-state index in [9.17, 15) is 14.9 Å². The Morgan fingerprint density at radius 1 is 1.10 bits per heavy atom. The molecule has 150 valence electrons. The zero-order chi connectivity index (χ0) is 21.0. The summed E-state index contributed by atoms with van der Waals surface area (Å²) < 4.78 is 0. The van der Waals surface area contributed by atoms with E-state index >= 15 is 0 Å². The number of benzene rings is 2. The van der Waals surface area contributed by atoms with Crippen molar-refractivity contribution < 1.29 is 9.72 Å². The number of pyridine rings is 1. The number of hydrogen-bond donors (Lipinski definition) is 1. The predicted molar refractivity (Wildman–Crippen MR) is 115 cm³/mol. The lowest BCUT2D eigenvalue weighted by atomic mass is 9.68. The third-order valence-electron chi connectivity index (χ3n) is 6.05. The summed E-state index contributed by atoms with van der Waals surface area (Å²) in [6.07, 6.45) is 3.02. The van der Waals surface area contributed by atoms with Crippen LogP contribution in [0.15, 0.2) is 66.0 Å². The maximum Gasteiger partial charge on any atom is 0.269 e. The van der Waals surface area contributed by atoms with Crippen molar-refractivity contribution in [2.75, 3.05) is 5.32 Å². The molecule has 1 aliphatic carbocycles. The van der Waals surface area contributed by atoms with Crippen molar-refractivity contribution in [1.29, 1.82) is 0 Å². The number of ketones is 1. The molecular formula is C24H21N3O3. The zero-order valence-electron chi connectivity index (χ0n) is 16.8. The first kappa shape index (κ1) is 18.5. The van der Waals surface area contributed by atoms with Crippen molar-refractivity contribution in [3.63, 3.8) is 0 Å². The van der Waals surface area contributed by atoms with Gasteiger partial charge in [0, 0.05) is 53.0 Å². The maximum absolute atomic E-state index is 13.3. The third-order valence-corrected chi connectivity index (χ3v) is 6.05. The Hall–Kier alpha value is -3.54. The first-order valence-electron chi connectivity index (χ1n) is 9.99. The Morgan fingerprint density at radius 2 is 1.87 bits per heavy atom. The van der Waals surface area contributed by atoms with Crippen LogP contribution in [0.2, 0.25) is 0 Å². The van der Waals surface area contributed by atoms with Crippen molar-refractivity contribution in [3.05, 3.63) is 87.2 Å². The van der Waals surface area contributed by atoms with Crippen LogP contribution in [0.5, 0.6) is 0 Å². The summed E-state index contributed by atoms with van der Waals surface area (Å²) in [5.41, 5.74) is 5.35. The number of rotatable bonds is 2. The quantitative estimate of drug-likeness (QED) is 0.464. The van der Waals surface area contributed by atoms with Crippen LogP contribution in [0.25, 0.3) is 10.9 Å². The van der Waals surface area contributed by atoms with Crippen LogP contribution in [-0.2, 0) is 4.79 Å². The molecule has 5 rings (SSSR count). The second-order valence-corrected chi connectivity index (χ2v) is 8.84. The predicted octanol–water partition coefficient (Wildman–Crippen LogP) is 5.34. The molecule has 1 atom stereocenters. The lowest BCUT2D eigenvalue weighted by Gasteiger charge is -2.39. The van der Waals surface area contributed by atoms with Crippen molar-refractivity contribution >= 4 is 28.1 Å². The van der Waals surface area contributed by atoms with Gasteiger partial charge in [-0.15, -0.1) is 0 Å². The highest BCUT2D eigenvalue weighted by molar-refractivity contribution is 6.04. The van der Waals surface area contributed by atoms with E-state index in [1.165, 1.54) is 12.1 Å². The van der Waals surface area contributed by atoms with Gasteiger partial charge in [-0.2, -0.15) is 0 Å². The second-order valence-electron chi connectivity index (χ2n) is 8.84.